The zero-order chi connectivity index (χ0) is 22.0. The van der Waals surface area contributed by atoms with Gasteiger partial charge in [0.15, 0.2) is 6.10 Å². The molecule has 1 atom stereocenters. The van der Waals surface area contributed by atoms with Crippen molar-refractivity contribution in [3.63, 3.8) is 0 Å². The number of ether oxygens (including phenoxy) is 1. The lowest BCUT2D eigenvalue weighted by molar-refractivity contribution is -0.128. The molecule has 166 valence electrons. The molecule has 1 amide bonds. The molecule has 0 bridgehead atoms. The molecule has 1 unspecified atom stereocenters. The number of benzene rings is 2. The molecule has 1 aliphatic heterocycles. The van der Waals surface area contributed by atoms with Crippen LogP contribution in [-0.2, 0) is 14.8 Å². The van der Waals surface area contributed by atoms with E-state index in [4.69, 9.17) is 4.74 Å². The Morgan fingerprint density at radius 3 is 2.42 bits per heavy atom. The second kappa shape index (κ2) is 8.91. The van der Waals surface area contributed by atoms with Crippen LogP contribution in [0.3, 0.4) is 0 Å². The van der Waals surface area contributed by atoms with Gasteiger partial charge in [0.25, 0.3) is 15.9 Å². The number of nitrogens with zero attached hydrogens (tertiary/aromatic N) is 1. The van der Waals surface area contributed by atoms with Crippen molar-refractivity contribution in [3.05, 3.63) is 53.6 Å². The number of fused-ring (bicyclic) bond motifs is 1. The predicted molar refractivity (Wildman–Crippen MR) is 121 cm³/mol. The molecule has 2 aliphatic rings. The van der Waals surface area contributed by atoms with E-state index in [-0.39, 0.29) is 17.3 Å². The first-order chi connectivity index (χ1) is 14.8. The first kappa shape index (κ1) is 21.7. The number of sulfonamides is 1. The summed E-state index contributed by atoms with van der Waals surface area (Å²) in [4.78, 5) is 13.1. The average molecular weight is 443 g/mol. The lowest BCUT2D eigenvalue weighted by Gasteiger charge is -2.35. The summed E-state index contributed by atoms with van der Waals surface area (Å²) in [5, 5.41) is 3.00. The highest BCUT2D eigenvalue weighted by Gasteiger charge is 2.37. The Morgan fingerprint density at radius 1 is 1.03 bits per heavy atom. The first-order valence-electron chi connectivity index (χ1n) is 11.0. The number of carbonyl (C=O) groups excluding carboxylic acids is 1. The average Bonchev–Trinajstić information content (AvgIpc) is 2.77. The second-order valence-electron chi connectivity index (χ2n) is 8.68. The fourth-order valence-corrected chi connectivity index (χ4v) is 5.78. The highest BCUT2D eigenvalue weighted by atomic mass is 32.2. The van der Waals surface area contributed by atoms with Crippen LogP contribution in [0.2, 0.25) is 0 Å². The minimum Gasteiger partial charge on any atom is -0.476 e. The van der Waals surface area contributed by atoms with Gasteiger partial charge in [0, 0.05) is 6.54 Å². The van der Waals surface area contributed by atoms with Gasteiger partial charge in [-0.3, -0.25) is 9.10 Å². The molecule has 2 aromatic carbocycles. The molecule has 0 aromatic heterocycles. The van der Waals surface area contributed by atoms with Crippen LogP contribution in [0.4, 0.5) is 5.69 Å². The van der Waals surface area contributed by atoms with E-state index in [1.54, 1.807) is 36.4 Å². The summed E-state index contributed by atoms with van der Waals surface area (Å²) in [6.07, 6.45) is 5.03. The molecule has 7 heteroatoms. The van der Waals surface area contributed by atoms with E-state index in [0.29, 0.717) is 23.9 Å². The van der Waals surface area contributed by atoms with Crippen LogP contribution >= 0.6 is 0 Å². The van der Waals surface area contributed by atoms with E-state index in [0.717, 1.165) is 24.0 Å². The summed E-state index contributed by atoms with van der Waals surface area (Å²) in [7, 11) is -3.84. The van der Waals surface area contributed by atoms with E-state index in [2.05, 4.69) is 5.32 Å². The minimum absolute atomic E-state index is 0.0524. The lowest BCUT2D eigenvalue weighted by atomic mass is 9.89. The van der Waals surface area contributed by atoms with E-state index in [1.807, 2.05) is 19.9 Å². The predicted octanol–water partition coefficient (Wildman–Crippen LogP) is 3.96. The highest BCUT2D eigenvalue weighted by molar-refractivity contribution is 7.92. The van der Waals surface area contributed by atoms with E-state index in [9.17, 15) is 13.2 Å². The normalized spacial score (nSPS) is 19.4. The SMILES string of the molecule is Cc1ccc(S(=O)(=O)N2CC(C(=O)NCC3CCCCC3)Oc3ccc(C)cc32)cc1. The molecule has 4 rings (SSSR count). The van der Waals surface area contributed by atoms with Gasteiger partial charge < -0.3 is 10.1 Å². The van der Waals surface area contributed by atoms with Gasteiger partial charge in [-0.05, 0) is 62.4 Å². The van der Waals surface area contributed by atoms with Crippen LogP contribution in [0.1, 0.15) is 43.2 Å². The molecule has 1 fully saturated rings. The molecule has 1 aliphatic carbocycles. The van der Waals surface area contributed by atoms with Crippen LogP contribution < -0.4 is 14.4 Å². The molecule has 0 saturated heterocycles. The number of hydrogen-bond donors (Lipinski definition) is 1. The summed E-state index contributed by atoms with van der Waals surface area (Å²) in [5.74, 6) is 0.634. The molecular weight excluding hydrogens is 412 g/mol. The van der Waals surface area contributed by atoms with Crippen molar-refractivity contribution < 1.29 is 17.9 Å². The maximum Gasteiger partial charge on any atom is 0.264 e. The smallest absolute Gasteiger partial charge is 0.264 e. The number of anilines is 1. The molecule has 1 saturated carbocycles. The fourth-order valence-electron chi connectivity index (χ4n) is 4.31. The highest BCUT2D eigenvalue weighted by Crippen LogP contribution is 2.37. The molecule has 31 heavy (non-hydrogen) atoms. The van der Waals surface area contributed by atoms with Gasteiger partial charge in [-0.25, -0.2) is 8.42 Å². The summed E-state index contributed by atoms with van der Waals surface area (Å²) < 4.78 is 34.2. The monoisotopic (exact) mass is 442 g/mol. The van der Waals surface area contributed by atoms with Gasteiger partial charge in [-0.1, -0.05) is 43.0 Å². The van der Waals surface area contributed by atoms with Crippen LogP contribution in [-0.4, -0.2) is 33.5 Å². The maximum atomic E-state index is 13.5. The molecule has 0 radical (unpaired) electrons. The number of nitrogens with one attached hydrogen (secondary N) is 1. The zero-order valence-electron chi connectivity index (χ0n) is 18.1. The summed E-state index contributed by atoms with van der Waals surface area (Å²) in [6.45, 7) is 4.38. The van der Waals surface area contributed by atoms with Crippen LogP contribution in [0.5, 0.6) is 5.75 Å². The van der Waals surface area contributed by atoms with Gasteiger partial charge in [-0.15, -0.1) is 0 Å². The van der Waals surface area contributed by atoms with E-state index in [1.165, 1.54) is 23.6 Å². The first-order valence-corrected chi connectivity index (χ1v) is 12.4. The van der Waals surface area contributed by atoms with Crippen molar-refractivity contribution in [3.8, 4) is 5.75 Å². The number of rotatable bonds is 5. The van der Waals surface area contributed by atoms with Crippen LogP contribution in [0.25, 0.3) is 0 Å². The van der Waals surface area contributed by atoms with Gasteiger partial charge in [0.1, 0.15) is 5.75 Å². The Hall–Kier alpha value is -2.54. The van der Waals surface area contributed by atoms with Crippen molar-refractivity contribution in [2.75, 3.05) is 17.4 Å². The standard InChI is InChI=1S/C24H30N2O4S/c1-17-8-11-20(12-9-17)31(28,29)26-16-23(30-22-13-10-18(2)14-21(22)26)24(27)25-15-19-6-4-3-5-7-19/h8-14,19,23H,3-7,15-16H2,1-2H3,(H,25,27). The lowest BCUT2D eigenvalue weighted by Crippen LogP contribution is -2.51. The number of amides is 1. The Labute approximate surface area is 184 Å². The number of hydrogen-bond acceptors (Lipinski definition) is 4. The Kier molecular flexibility index (Phi) is 6.23. The molecule has 0 spiro atoms. The molecular formula is C24H30N2O4S. The zero-order valence-corrected chi connectivity index (χ0v) is 19.0. The Bertz CT molecular complexity index is 1040. The van der Waals surface area contributed by atoms with Gasteiger partial charge in [0.05, 0.1) is 17.1 Å². The molecule has 1 N–H and O–H groups in total. The van der Waals surface area contributed by atoms with Gasteiger partial charge >= 0.3 is 0 Å². The third-order valence-electron chi connectivity index (χ3n) is 6.18. The molecule has 1 heterocycles. The summed E-state index contributed by atoms with van der Waals surface area (Å²) in [5.41, 5.74) is 2.38. The van der Waals surface area contributed by atoms with Crippen molar-refractivity contribution in [1.82, 2.24) is 5.32 Å². The quantitative estimate of drug-likeness (QED) is 0.761. The molecule has 6 nitrogen and oxygen atoms in total. The van der Waals surface area contributed by atoms with Crippen LogP contribution in [0, 0.1) is 19.8 Å². The van der Waals surface area contributed by atoms with Crippen molar-refractivity contribution in [1.29, 1.82) is 0 Å². The van der Waals surface area contributed by atoms with Crippen molar-refractivity contribution >= 4 is 21.6 Å². The Morgan fingerprint density at radius 2 is 1.71 bits per heavy atom. The maximum absolute atomic E-state index is 13.5. The summed E-state index contributed by atoms with van der Waals surface area (Å²) in [6, 6.07) is 12.1. The topological polar surface area (TPSA) is 75.7 Å². The Balaban J connectivity index is 1.59. The second-order valence-corrected chi connectivity index (χ2v) is 10.5. The molecule has 2 aromatic rings. The number of aryl methyl sites for hydroxylation is 2. The van der Waals surface area contributed by atoms with Crippen molar-refractivity contribution in [2.24, 2.45) is 5.92 Å². The summed E-state index contributed by atoms with van der Waals surface area (Å²) >= 11 is 0. The third kappa shape index (κ3) is 4.71. The number of carbonyl (C=O) groups is 1. The van der Waals surface area contributed by atoms with E-state index >= 15 is 0 Å². The van der Waals surface area contributed by atoms with Gasteiger partial charge in [-0.2, -0.15) is 0 Å². The van der Waals surface area contributed by atoms with Crippen molar-refractivity contribution in [2.45, 2.75) is 57.0 Å². The fraction of sp³-hybridized carbons (Fsp3) is 0.458. The minimum atomic E-state index is -3.84. The van der Waals surface area contributed by atoms with Gasteiger partial charge in [0.2, 0.25) is 0 Å². The van der Waals surface area contributed by atoms with E-state index < -0.39 is 16.1 Å². The van der Waals surface area contributed by atoms with Crippen LogP contribution in [0.15, 0.2) is 47.4 Å². The largest absolute Gasteiger partial charge is 0.476 e. The third-order valence-corrected chi connectivity index (χ3v) is 7.97.